The molecule has 0 spiro atoms. The summed E-state index contributed by atoms with van der Waals surface area (Å²) in [5.41, 5.74) is 4.35. The lowest BCUT2D eigenvalue weighted by atomic mass is 10.0. The quantitative estimate of drug-likeness (QED) is 0.537. The van der Waals surface area contributed by atoms with Crippen LogP contribution in [0.25, 0.3) is 22.0 Å². The summed E-state index contributed by atoms with van der Waals surface area (Å²) in [6.45, 7) is 3.99. The summed E-state index contributed by atoms with van der Waals surface area (Å²) in [6.07, 6.45) is 9.09. The number of nitrogens with zero attached hydrogens (tertiary/aromatic N) is 3. The normalized spacial score (nSPS) is 15.8. The number of rotatable bonds is 7. The highest BCUT2D eigenvalue weighted by atomic mass is 16.2. The number of pyridine rings is 3. The minimum atomic E-state index is 0.0591. The molecule has 1 amide bonds. The molecule has 3 aromatic heterocycles. The number of aromatic nitrogens is 3. The molecule has 1 N–H and O–H groups in total. The molecule has 3 heterocycles. The third-order valence-corrected chi connectivity index (χ3v) is 6.06. The van der Waals surface area contributed by atoms with Gasteiger partial charge in [-0.25, -0.2) is 4.98 Å². The highest BCUT2D eigenvalue weighted by Gasteiger charge is 2.31. The highest BCUT2D eigenvalue weighted by molar-refractivity contribution is 5.97. The van der Waals surface area contributed by atoms with Crippen molar-refractivity contribution < 1.29 is 9.59 Å². The van der Waals surface area contributed by atoms with E-state index in [1.54, 1.807) is 6.20 Å². The summed E-state index contributed by atoms with van der Waals surface area (Å²) in [5.74, 6) is 1.31. The van der Waals surface area contributed by atoms with Crippen LogP contribution in [0.3, 0.4) is 0 Å². The molecule has 0 saturated heterocycles. The molecule has 5 rings (SSSR count). The fourth-order valence-electron chi connectivity index (χ4n) is 3.95. The highest BCUT2D eigenvalue weighted by Crippen LogP contribution is 2.43. The van der Waals surface area contributed by atoms with Crippen LogP contribution in [0.5, 0.6) is 0 Å². The molecule has 6 heteroatoms. The van der Waals surface area contributed by atoms with Crippen LogP contribution in [-0.4, -0.2) is 26.6 Å². The summed E-state index contributed by atoms with van der Waals surface area (Å²) in [5, 5.41) is 5.00. The maximum atomic E-state index is 12.2. The lowest BCUT2D eigenvalue weighted by Gasteiger charge is -2.12. The Morgan fingerprint density at radius 3 is 2.55 bits per heavy atom. The molecule has 0 unspecified atom stereocenters. The molecule has 2 aliphatic rings. The number of ketones is 1. The standard InChI is InChI=1S/C25H26N4O2/c1-3-4-22(30)21-9-14(2)19(13-26-21)20-10-17-12-27-23(29-25(31)16-7-8-16)11-18(17)24(28-20)15-5-6-15/h9-13,15-16H,3-8H2,1-2H3,(H,27,29,31). The number of hydrogen-bond acceptors (Lipinski definition) is 5. The molecule has 2 saturated carbocycles. The van der Waals surface area contributed by atoms with Crippen LogP contribution in [0, 0.1) is 12.8 Å². The van der Waals surface area contributed by atoms with Crippen LogP contribution in [0.2, 0.25) is 0 Å². The molecule has 2 aliphatic carbocycles. The summed E-state index contributed by atoms with van der Waals surface area (Å²) in [4.78, 5) is 38.2. The largest absolute Gasteiger partial charge is 0.310 e. The van der Waals surface area contributed by atoms with Crippen molar-refractivity contribution in [2.45, 2.75) is 58.3 Å². The number of hydrogen-bond donors (Lipinski definition) is 1. The van der Waals surface area contributed by atoms with Gasteiger partial charge in [-0.15, -0.1) is 0 Å². The molecule has 158 valence electrons. The second-order valence-electron chi connectivity index (χ2n) is 8.78. The first-order chi connectivity index (χ1) is 15.0. The Balaban J connectivity index is 1.52. The molecule has 0 bridgehead atoms. The van der Waals surface area contributed by atoms with Crippen molar-refractivity contribution in [3.63, 3.8) is 0 Å². The molecule has 0 aliphatic heterocycles. The lowest BCUT2D eigenvalue weighted by molar-refractivity contribution is -0.117. The third kappa shape index (κ3) is 4.07. The van der Waals surface area contributed by atoms with E-state index in [0.29, 0.717) is 23.9 Å². The van der Waals surface area contributed by atoms with Gasteiger partial charge in [0, 0.05) is 47.0 Å². The third-order valence-electron chi connectivity index (χ3n) is 6.06. The van der Waals surface area contributed by atoms with Gasteiger partial charge in [0.1, 0.15) is 11.5 Å². The average Bonchev–Trinajstić information content (AvgIpc) is 3.65. The van der Waals surface area contributed by atoms with Crippen molar-refractivity contribution in [2.24, 2.45) is 5.92 Å². The monoisotopic (exact) mass is 414 g/mol. The number of carbonyl (C=O) groups is 2. The van der Waals surface area contributed by atoms with Crippen LogP contribution in [-0.2, 0) is 4.79 Å². The molecule has 0 aromatic carbocycles. The molecule has 0 radical (unpaired) electrons. The van der Waals surface area contributed by atoms with E-state index in [0.717, 1.165) is 65.4 Å². The number of fused-ring (bicyclic) bond motifs is 1. The lowest BCUT2D eigenvalue weighted by Crippen LogP contribution is -2.14. The van der Waals surface area contributed by atoms with Crippen molar-refractivity contribution >= 4 is 28.3 Å². The fraction of sp³-hybridized carbons (Fsp3) is 0.400. The van der Waals surface area contributed by atoms with Crippen LogP contribution in [0.15, 0.2) is 30.6 Å². The van der Waals surface area contributed by atoms with Gasteiger partial charge in [0.05, 0.1) is 11.4 Å². The summed E-state index contributed by atoms with van der Waals surface area (Å²) < 4.78 is 0. The number of anilines is 1. The first-order valence-electron chi connectivity index (χ1n) is 11.1. The Kier molecular flexibility index (Phi) is 5.00. The molecule has 3 aromatic rings. The van der Waals surface area contributed by atoms with Crippen molar-refractivity contribution in [1.29, 1.82) is 0 Å². The van der Waals surface area contributed by atoms with Gasteiger partial charge >= 0.3 is 0 Å². The van der Waals surface area contributed by atoms with E-state index in [4.69, 9.17) is 4.98 Å². The first kappa shape index (κ1) is 19.8. The number of amides is 1. The number of Topliss-reactive ketones (excluding diaryl/α,β-unsaturated/α-hetero) is 1. The maximum absolute atomic E-state index is 12.2. The minimum Gasteiger partial charge on any atom is -0.310 e. The molecule has 31 heavy (non-hydrogen) atoms. The van der Waals surface area contributed by atoms with Crippen LogP contribution < -0.4 is 5.32 Å². The Hall–Kier alpha value is -3.15. The smallest absolute Gasteiger partial charge is 0.228 e. The van der Waals surface area contributed by atoms with Crippen molar-refractivity contribution in [3.05, 3.63) is 47.5 Å². The topological polar surface area (TPSA) is 84.8 Å². The van der Waals surface area contributed by atoms with Crippen LogP contribution in [0.4, 0.5) is 5.82 Å². The molecular formula is C25H26N4O2. The Morgan fingerprint density at radius 1 is 1.06 bits per heavy atom. The molecule has 6 nitrogen and oxygen atoms in total. The zero-order chi connectivity index (χ0) is 21.5. The van der Waals surface area contributed by atoms with E-state index in [1.165, 1.54) is 0 Å². The van der Waals surface area contributed by atoms with Gasteiger partial charge in [0.15, 0.2) is 5.78 Å². The van der Waals surface area contributed by atoms with E-state index in [1.807, 2.05) is 38.2 Å². The van der Waals surface area contributed by atoms with Crippen LogP contribution in [0.1, 0.15) is 73.1 Å². The van der Waals surface area contributed by atoms with Gasteiger partial charge in [0.2, 0.25) is 5.91 Å². The average molecular weight is 415 g/mol. The summed E-state index contributed by atoms with van der Waals surface area (Å²) in [6, 6.07) is 5.85. The summed E-state index contributed by atoms with van der Waals surface area (Å²) >= 11 is 0. The predicted molar refractivity (Wildman–Crippen MR) is 120 cm³/mol. The van der Waals surface area contributed by atoms with Gasteiger partial charge in [-0.1, -0.05) is 6.92 Å². The van der Waals surface area contributed by atoms with Gasteiger partial charge in [-0.2, -0.15) is 0 Å². The van der Waals surface area contributed by atoms with E-state index < -0.39 is 0 Å². The van der Waals surface area contributed by atoms with Gasteiger partial charge in [-0.05, 0) is 62.8 Å². The van der Waals surface area contributed by atoms with E-state index >= 15 is 0 Å². The fourth-order valence-corrected chi connectivity index (χ4v) is 3.95. The molecule has 2 fully saturated rings. The van der Waals surface area contributed by atoms with Gasteiger partial charge < -0.3 is 5.32 Å². The number of carbonyl (C=O) groups excluding carboxylic acids is 2. The SMILES string of the molecule is CCCC(=O)c1cc(C)c(-c2cc3cnc(NC(=O)C4CC4)cc3c(C3CC3)n2)cn1. The Labute approximate surface area is 181 Å². The maximum Gasteiger partial charge on any atom is 0.228 e. The van der Waals surface area contributed by atoms with Gasteiger partial charge in [0.25, 0.3) is 0 Å². The number of nitrogens with one attached hydrogen (secondary N) is 1. The van der Waals surface area contributed by atoms with Crippen molar-refractivity contribution in [3.8, 4) is 11.3 Å². The minimum absolute atomic E-state index is 0.0591. The zero-order valence-corrected chi connectivity index (χ0v) is 17.9. The van der Waals surface area contributed by atoms with Gasteiger partial charge in [-0.3, -0.25) is 19.6 Å². The predicted octanol–water partition coefficient (Wildman–Crippen LogP) is 5.21. The van der Waals surface area contributed by atoms with E-state index in [-0.39, 0.29) is 17.6 Å². The summed E-state index contributed by atoms with van der Waals surface area (Å²) in [7, 11) is 0. The van der Waals surface area contributed by atoms with Crippen molar-refractivity contribution in [2.75, 3.05) is 5.32 Å². The Bertz CT molecular complexity index is 1200. The Morgan fingerprint density at radius 2 is 1.87 bits per heavy atom. The number of aryl methyl sites for hydroxylation is 1. The zero-order valence-electron chi connectivity index (χ0n) is 17.9. The molecular weight excluding hydrogens is 388 g/mol. The van der Waals surface area contributed by atoms with E-state index in [2.05, 4.69) is 15.3 Å². The molecule has 0 atom stereocenters. The first-order valence-corrected chi connectivity index (χ1v) is 11.1. The second-order valence-corrected chi connectivity index (χ2v) is 8.78. The van der Waals surface area contributed by atoms with Crippen molar-refractivity contribution in [1.82, 2.24) is 15.0 Å². The van der Waals surface area contributed by atoms with Crippen LogP contribution >= 0.6 is 0 Å². The van der Waals surface area contributed by atoms with E-state index in [9.17, 15) is 9.59 Å². The second kappa shape index (κ2) is 7.84.